The van der Waals surface area contributed by atoms with E-state index in [9.17, 15) is 19.8 Å². The van der Waals surface area contributed by atoms with E-state index in [0.717, 1.165) is 25.7 Å². The molecule has 0 bridgehead atoms. The van der Waals surface area contributed by atoms with Crippen molar-refractivity contribution < 1.29 is 19.8 Å². The van der Waals surface area contributed by atoms with Crippen LogP contribution >= 0.6 is 0 Å². The maximum atomic E-state index is 10.1. The van der Waals surface area contributed by atoms with Crippen molar-refractivity contribution in [3.63, 3.8) is 0 Å². The molecule has 0 fully saturated rings. The molecule has 0 amide bonds. The molecule has 0 aromatic rings. The number of carbonyl (C=O) groups is 2. The van der Waals surface area contributed by atoms with Gasteiger partial charge in [0.1, 0.15) is 0 Å². The normalized spacial score (nSPS) is 9.67. The second-order valence-electron chi connectivity index (χ2n) is 7.90. The number of rotatable bonds is 20. The number of hydrogen-bond acceptors (Lipinski definition) is 4. The van der Waals surface area contributed by atoms with E-state index >= 15 is 0 Å². The van der Waals surface area contributed by atoms with Crippen LogP contribution in [0.1, 0.15) is 142 Å². The summed E-state index contributed by atoms with van der Waals surface area (Å²) in [5.41, 5.74) is 0. The first-order chi connectivity index (χ1) is 13.5. The average Bonchev–Trinajstić information content (AvgIpc) is 2.65. The molecule has 30 heavy (non-hydrogen) atoms. The minimum Gasteiger partial charge on any atom is -0.550 e. The monoisotopic (exact) mass is 560 g/mol. The van der Waals surface area contributed by atoms with Crippen molar-refractivity contribution in [2.24, 2.45) is 0 Å². The SMILES string of the molecule is CCCCCCCCCCCC(=O)[O-].CCCCCCCCCCCC(=O)[O-].[Ba+2].[Mg+2]. The number of aliphatic carboxylic acids is 2. The van der Waals surface area contributed by atoms with Crippen LogP contribution < -0.4 is 10.2 Å². The molecule has 0 aromatic carbocycles. The van der Waals surface area contributed by atoms with E-state index in [-0.39, 0.29) is 84.8 Å². The Bertz CT molecular complexity index is 309. The van der Waals surface area contributed by atoms with Gasteiger partial charge in [-0.25, -0.2) is 0 Å². The van der Waals surface area contributed by atoms with Crippen LogP contribution in [0.3, 0.4) is 0 Å². The molecule has 0 aliphatic heterocycles. The average molecular weight is 560 g/mol. The summed E-state index contributed by atoms with van der Waals surface area (Å²) >= 11 is 0. The molecule has 0 aliphatic carbocycles. The Labute approximate surface area is 243 Å². The second-order valence-corrected chi connectivity index (χ2v) is 7.90. The zero-order valence-corrected chi connectivity index (χ0v) is 26.0. The van der Waals surface area contributed by atoms with E-state index in [1.807, 2.05) is 0 Å². The van der Waals surface area contributed by atoms with Gasteiger partial charge in [-0.1, -0.05) is 117 Å². The molecule has 0 heterocycles. The third kappa shape index (κ3) is 43.2. The van der Waals surface area contributed by atoms with Gasteiger partial charge in [0, 0.05) is 11.9 Å². The Kier molecular flexibility index (Phi) is 44.8. The summed E-state index contributed by atoms with van der Waals surface area (Å²) in [6.07, 6.45) is 22.3. The Hall–Kier alpha value is 1.28. The predicted molar refractivity (Wildman–Crippen MR) is 125 cm³/mol. The second kappa shape index (κ2) is 34.9. The molecular formula is C24H46BaMgO4+2. The van der Waals surface area contributed by atoms with Crippen LogP contribution in [-0.4, -0.2) is 83.9 Å². The number of carbonyl (C=O) groups excluding carboxylic acids is 2. The summed E-state index contributed by atoms with van der Waals surface area (Å²) in [7, 11) is 0. The van der Waals surface area contributed by atoms with Crippen molar-refractivity contribution in [2.75, 3.05) is 0 Å². The van der Waals surface area contributed by atoms with Gasteiger partial charge >= 0.3 is 71.9 Å². The Morgan fingerprint density at radius 3 is 0.867 bits per heavy atom. The summed E-state index contributed by atoms with van der Waals surface area (Å²) in [5, 5.41) is 20.2. The van der Waals surface area contributed by atoms with E-state index in [2.05, 4.69) is 13.8 Å². The van der Waals surface area contributed by atoms with Gasteiger partial charge in [0.05, 0.1) is 0 Å². The summed E-state index contributed by atoms with van der Waals surface area (Å²) < 4.78 is 0. The summed E-state index contributed by atoms with van der Waals surface area (Å²) in [6.45, 7) is 4.44. The predicted octanol–water partition coefficient (Wildman–Crippen LogP) is 4.55. The standard InChI is InChI=1S/2C12H24O2.Ba.Mg/c2*1-2-3-4-5-6-7-8-9-10-11-12(13)14;;/h2*2-11H2,1H3,(H,13,14);;/q;;2*+2/p-2. The van der Waals surface area contributed by atoms with Gasteiger partial charge < -0.3 is 19.8 Å². The maximum absolute atomic E-state index is 10.1. The first-order valence-corrected chi connectivity index (χ1v) is 11.9. The van der Waals surface area contributed by atoms with Crippen molar-refractivity contribution in [1.29, 1.82) is 0 Å². The molecule has 4 nitrogen and oxygen atoms in total. The van der Waals surface area contributed by atoms with Crippen molar-refractivity contribution in [3.05, 3.63) is 0 Å². The van der Waals surface area contributed by atoms with Crippen LogP contribution in [0.5, 0.6) is 0 Å². The smallest absolute Gasteiger partial charge is 0.550 e. The maximum Gasteiger partial charge on any atom is 2.00 e. The molecule has 0 aromatic heterocycles. The summed E-state index contributed by atoms with van der Waals surface area (Å²) in [6, 6.07) is 0. The fourth-order valence-corrected chi connectivity index (χ4v) is 3.16. The fourth-order valence-electron chi connectivity index (χ4n) is 3.16. The molecule has 0 aliphatic rings. The third-order valence-electron chi connectivity index (χ3n) is 4.97. The van der Waals surface area contributed by atoms with Crippen LogP contribution in [0.15, 0.2) is 0 Å². The number of unbranched alkanes of at least 4 members (excludes halogenated alkanes) is 16. The first kappa shape index (κ1) is 38.5. The molecule has 0 atom stereocenters. The van der Waals surface area contributed by atoms with Crippen LogP contribution in [0.4, 0.5) is 0 Å². The largest absolute Gasteiger partial charge is 2.00 e. The molecular weight excluding hydrogens is 514 g/mol. The molecule has 0 spiro atoms. The van der Waals surface area contributed by atoms with Crippen LogP contribution in [0, 0.1) is 0 Å². The molecule has 6 heteroatoms. The number of carboxylic acids is 2. The van der Waals surface area contributed by atoms with Gasteiger partial charge in [0.15, 0.2) is 0 Å². The zero-order chi connectivity index (χ0) is 21.3. The molecule has 0 radical (unpaired) electrons. The minimum atomic E-state index is -0.909. The molecule has 0 saturated heterocycles. The molecule has 0 saturated carbocycles. The van der Waals surface area contributed by atoms with Crippen molar-refractivity contribution in [2.45, 2.75) is 142 Å². The Balaban J connectivity index is -0.000000211. The minimum absolute atomic E-state index is 0. The Morgan fingerprint density at radius 2 is 0.667 bits per heavy atom. The van der Waals surface area contributed by atoms with Gasteiger partial charge in [-0.2, -0.15) is 0 Å². The van der Waals surface area contributed by atoms with Crippen LogP contribution in [-0.2, 0) is 9.59 Å². The zero-order valence-electron chi connectivity index (χ0n) is 20.2. The molecule has 0 unspecified atom stereocenters. The quantitative estimate of drug-likeness (QED) is 0.162. The van der Waals surface area contributed by atoms with Crippen LogP contribution in [0.2, 0.25) is 0 Å². The van der Waals surface area contributed by atoms with E-state index in [0.29, 0.717) is 0 Å². The Morgan fingerprint density at radius 1 is 0.467 bits per heavy atom. The number of hydrogen-bond donors (Lipinski definition) is 0. The van der Waals surface area contributed by atoms with E-state index in [1.54, 1.807) is 0 Å². The number of carboxylic acid groups (broad SMARTS) is 2. The van der Waals surface area contributed by atoms with Gasteiger partial charge in [-0.3, -0.25) is 0 Å². The molecule has 0 N–H and O–H groups in total. The molecule has 168 valence electrons. The molecule has 0 rings (SSSR count). The van der Waals surface area contributed by atoms with Crippen molar-refractivity contribution >= 4 is 83.9 Å². The van der Waals surface area contributed by atoms with E-state index in [1.165, 1.54) is 89.9 Å². The summed E-state index contributed by atoms with van der Waals surface area (Å²) in [4.78, 5) is 20.2. The van der Waals surface area contributed by atoms with Crippen molar-refractivity contribution in [3.8, 4) is 0 Å². The topological polar surface area (TPSA) is 80.3 Å². The van der Waals surface area contributed by atoms with Crippen LogP contribution in [0.25, 0.3) is 0 Å². The van der Waals surface area contributed by atoms with Gasteiger partial charge in [-0.15, -0.1) is 0 Å². The third-order valence-corrected chi connectivity index (χ3v) is 4.97. The summed E-state index contributed by atoms with van der Waals surface area (Å²) in [5.74, 6) is -1.82. The fraction of sp³-hybridized carbons (Fsp3) is 0.917. The van der Waals surface area contributed by atoms with Gasteiger partial charge in [0.2, 0.25) is 0 Å². The van der Waals surface area contributed by atoms with E-state index in [4.69, 9.17) is 0 Å². The van der Waals surface area contributed by atoms with E-state index < -0.39 is 11.9 Å². The van der Waals surface area contributed by atoms with Gasteiger partial charge in [-0.05, 0) is 25.7 Å². The van der Waals surface area contributed by atoms with Crippen molar-refractivity contribution in [1.82, 2.24) is 0 Å². The van der Waals surface area contributed by atoms with Gasteiger partial charge in [0.25, 0.3) is 0 Å². The first-order valence-electron chi connectivity index (χ1n) is 11.9.